The van der Waals surface area contributed by atoms with E-state index in [0.717, 1.165) is 11.0 Å². The van der Waals surface area contributed by atoms with Crippen LogP contribution in [0.5, 0.6) is 5.75 Å². The second-order valence-electron chi connectivity index (χ2n) is 5.79. The minimum atomic E-state index is -1.31. The Hall–Kier alpha value is -2.37. The fourth-order valence-corrected chi connectivity index (χ4v) is 2.42. The Morgan fingerprint density at radius 3 is 2.43 bits per heavy atom. The monoisotopic (exact) mass is 291 g/mol. The first-order chi connectivity index (χ1) is 9.68. The summed E-state index contributed by atoms with van der Waals surface area (Å²) in [7, 11) is 0. The maximum atomic E-state index is 12.6. The molecular weight excluding hydrogens is 274 g/mol. The topological polar surface area (TPSA) is 94.9 Å². The minimum absolute atomic E-state index is 0.000301. The van der Waals surface area contributed by atoms with Gasteiger partial charge in [0.15, 0.2) is 0 Å². The van der Waals surface area contributed by atoms with Gasteiger partial charge in [-0.3, -0.25) is 9.59 Å². The highest BCUT2D eigenvalue weighted by molar-refractivity contribution is 6.24. The van der Waals surface area contributed by atoms with E-state index in [0.29, 0.717) is 0 Å². The molecule has 1 atom stereocenters. The molecule has 1 saturated heterocycles. The molecule has 0 bridgehead atoms. The predicted molar refractivity (Wildman–Crippen MR) is 75.1 cm³/mol. The van der Waals surface area contributed by atoms with E-state index in [9.17, 15) is 24.6 Å². The van der Waals surface area contributed by atoms with E-state index >= 15 is 0 Å². The van der Waals surface area contributed by atoms with Crippen LogP contribution < -0.4 is 4.90 Å². The number of hydrogen-bond donors (Lipinski definition) is 2. The van der Waals surface area contributed by atoms with Crippen LogP contribution in [0.2, 0.25) is 0 Å². The van der Waals surface area contributed by atoms with E-state index in [4.69, 9.17) is 0 Å². The Morgan fingerprint density at radius 2 is 1.95 bits per heavy atom. The molecule has 0 aromatic heterocycles. The van der Waals surface area contributed by atoms with Crippen molar-refractivity contribution >= 4 is 23.5 Å². The molecule has 0 spiro atoms. The van der Waals surface area contributed by atoms with Crippen molar-refractivity contribution in [3.8, 4) is 5.75 Å². The molecule has 2 rings (SSSR count). The van der Waals surface area contributed by atoms with E-state index in [2.05, 4.69) is 0 Å². The van der Waals surface area contributed by atoms with Crippen LogP contribution in [-0.4, -0.2) is 28.0 Å². The number of imide groups is 1. The average molecular weight is 291 g/mol. The van der Waals surface area contributed by atoms with Crippen LogP contribution in [0.1, 0.15) is 37.6 Å². The number of anilines is 1. The third-order valence-electron chi connectivity index (χ3n) is 4.19. The van der Waals surface area contributed by atoms with E-state index in [1.54, 1.807) is 6.92 Å². The quantitative estimate of drug-likeness (QED) is 0.831. The zero-order chi connectivity index (χ0) is 15.9. The first-order valence-electron chi connectivity index (χ1n) is 6.62. The van der Waals surface area contributed by atoms with Gasteiger partial charge in [0.05, 0.1) is 16.7 Å². The Balaban J connectivity index is 2.56. The van der Waals surface area contributed by atoms with Gasteiger partial charge in [0.2, 0.25) is 11.8 Å². The van der Waals surface area contributed by atoms with Crippen molar-refractivity contribution in [1.82, 2.24) is 0 Å². The predicted octanol–water partition coefficient (Wildman–Crippen LogP) is 2.02. The largest absolute Gasteiger partial charge is 0.508 e. The van der Waals surface area contributed by atoms with Gasteiger partial charge in [0, 0.05) is 6.42 Å². The number of phenolic OH excluding ortho intramolecular Hbond substituents is 1. The summed E-state index contributed by atoms with van der Waals surface area (Å²) in [6.45, 7) is 5.41. The van der Waals surface area contributed by atoms with Crippen molar-refractivity contribution in [2.75, 3.05) is 4.90 Å². The van der Waals surface area contributed by atoms with Crippen LogP contribution in [0, 0.1) is 11.3 Å². The number of amides is 2. The number of benzene rings is 1. The molecule has 0 radical (unpaired) electrons. The lowest BCUT2D eigenvalue weighted by atomic mass is 9.78. The minimum Gasteiger partial charge on any atom is -0.508 e. The lowest BCUT2D eigenvalue weighted by Crippen LogP contribution is -2.37. The highest BCUT2D eigenvalue weighted by Gasteiger charge is 2.51. The first-order valence-corrected chi connectivity index (χ1v) is 6.62. The van der Waals surface area contributed by atoms with E-state index in [1.165, 1.54) is 12.1 Å². The third-order valence-corrected chi connectivity index (χ3v) is 4.19. The number of aromatic hydroxyl groups is 1. The number of aromatic carboxylic acids is 1. The van der Waals surface area contributed by atoms with E-state index in [-0.39, 0.29) is 29.3 Å². The summed E-state index contributed by atoms with van der Waals surface area (Å²) in [5, 5.41) is 18.6. The van der Waals surface area contributed by atoms with Gasteiger partial charge in [0.1, 0.15) is 5.75 Å². The number of nitrogens with zero attached hydrogens (tertiary/aromatic N) is 1. The van der Waals surface area contributed by atoms with E-state index in [1.807, 2.05) is 13.8 Å². The summed E-state index contributed by atoms with van der Waals surface area (Å²) in [5.74, 6) is -2.43. The van der Waals surface area contributed by atoms with Gasteiger partial charge in [0.25, 0.3) is 0 Å². The summed E-state index contributed by atoms with van der Waals surface area (Å²) in [5.41, 5.74) is -1.12. The summed E-state index contributed by atoms with van der Waals surface area (Å²) >= 11 is 0. The van der Waals surface area contributed by atoms with Crippen LogP contribution in [0.15, 0.2) is 18.2 Å². The molecule has 0 aliphatic carbocycles. The van der Waals surface area contributed by atoms with Crippen molar-refractivity contribution in [1.29, 1.82) is 0 Å². The van der Waals surface area contributed by atoms with Crippen LogP contribution in [0.25, 0.3) is 0 Å². The highest BCUT2D eigenvalue weighted by atomic mass is 16.4. The number of carboxylic acids is 1. The molecule has 1 aromatic rings. The molecule has 0 saturated carbocycles. The fourth-order valence-electron chi connectivity index (χ4n) is 2.42. The lowest BCUT2D eigenvalue weighted by Gasteiger charge is -2.26. The Morgan fingerprint density at radius 1 is 1.33 bits per heavy atom. The van der Waals surface area contributed by atoms with Gasteiger partial charge in [-0.25, -0.2) is 9.69 Å². The van der Waals surface area contributed by atoms with Crippen molar-refractivity contribution < 1.29 is 24.6 Å². The molecule has 112 valence electrons. The number of carbonyl (C=O) groups excluding carboxylic acids is 2. The molecule has 1 unspecified atom stereocenters. The third kappa shape index (κ3) is 2.26. The number of carboxylic acid groups (broad SMARTS) is 1. The second-order valence-corrected chi connectivity index (χ2v) is 5.79. The molecule has 1 aliphatic rings. The number of phenols is 1. The fraction of sp³-hybridized carbons (Fsp3) is 0.400. The normalized spacial score (nSPS) is 22.2. The Kier molecular flexibility index (Phi) is 3.49. The summed E-state index contributed by atoms with van der Waals surface area (Å²) in [4.78, 5) is 37.0. The van der Waals surface area contributed by atoms with Gasteiger partial charge >= 0.3 is 5.97 Å². The zero-order valence-corrected chi connectivity index (χ0v) is 12.1. The van der Waals surface area contributed by atoms with Crippen LogP contribution in [0.3, 0.4) is 0 Å². The molecule has 6 heteroatoms. The standard InChI is InChI=1S/C15H17NO5/c1-8(2)15(3)7-12(18)16(14(15)21)11-5-4-9(17)6-10(11)13(19)20/h4-6,8,17H,7H2,1-3H3,(H,19,20). The average Bonchev–Trinajstić information content (AvgIpc) is 2.62. The summed E-state index contributed by atoms with van der Waals surface area (Å²) < 4.78 is 0. The smallest absolute Gasteiger partial charge is 0.337 e. The maximum Gasteiger partial charge on any atom is 0.337 e. The summed E-state index contributed by atoms with van der Waals surface area (Å²) in [6.07, 6.45) is 0.0451. The molecule has 1 aromatic carbocycles. The zero-order valence-electron chi connectivity index (χ0n) is 12.1. The van der Waals surface area contributed by atoms with Crippen molar-refractivity contribution in [2.45, 2.75) is 27.2 Å². The van der Waals surface area contributed by atoms with Gasteiger partial charge in [-0.1, -0.05) is 13.8 Å². The number of carbonyl (C=O) groups is 3. The molecule has 1 aliphatic heterocycles. The van der Waals surface area contributed by atoms with Crippen molar-refractivity contribution in [3.05, 3.63) is 23.8 Å². The van der Waals surface area contributed by atoms with Crippen molar-refractivity contribution in [3.63, 3.8) is 0 Å². The van der Waals surface area contributed by atoms with Gasteiger partial charge in [-0.05, 0) is 31.0 Å². The molecule has 1 fully saturated rings. The second kappa shape index (κ2) is 4.87. The lowest BCUT2D eigenvalue weighted by molar-refractivity contribution is -0.126. The molecule has 21 heavy (non-hydrogen) atoms. The Labute approximate surface area is 122 Å². The van der Waals surface area contributed by atoms with Gasteiger partial charge in [-0.15, -0.1) is 0 Å². The maximum absolute atomic E-state index is 12.6. The van der Waals surface area contributed by atoms with Crippen LogP contribution in [-0.2, 0) is 9.59 Å². The van der Waals surface area contributed by atoms with Crippen LogP contribution >= 0.6 is 0 Å². The molecule has 1 heterocycles. The SMILES string of the molecule is CC(C)C1(C)CC(=O)N(c2ccc(O)cc2C(=O)O)C1=O. The van der Waals surface area contributed by atoms with E-state index < -0.39 is 23.2 Å². The number of rotatable bonds is 3. The summed E-state index contributed by atoms with van der Waals surface area (Å²) in [6, 6.07) is 3.57. The van der Waals surface area contributed by atoms with Gasteiger partial charge in [-0.2, -0.15) is 0 Å². The highest BCUT2D eigenvalue weighted by Crippen LogP contribution is 2.42. The van der Waals surface area contributed by atoms with Crippen molar-refractivity contribution in [2.24, 2.45) is 11.3 Å². The Bertz CT molecular complexity index is 637. The first kappa shape index (κ1) is 15.0. The molecule has 2 N–H and O–H groups in total. The molecule has 6 nitrogen and oxygen atoms in total. The molecular formula is C15H17NO5. The number of hydrogen-bond acceptors (Lipinski definition) is 4. The van der Waals surface area contributed by atoms with Crippen LogP contribution in [0.4, 0.5) is 5.69 Å². The van der Waals surface area contributed by atoms with Gasteiger partial charge < -0.3 is 10.2 Å². The molecule has 2 amide bonds.